The average molecular weight is 229 g/mol. The predicted molar refractivity (Wildman–Crippen MR) is 74.6 cm³/mol. The maximum absolute atomic E-state index is 5.69. The molecule has 0 radical (unpaired) electrons. The molecule has 0 saturated carbocycles. The summed E-state index contributed by atoms with van der Waals surface area (Å²) in [6, 6.07) is 7.87. The molecule has 0 saturated heterocycles. The Balaban J connectivity index is 2.62. The molecular weight excluding hydrogens is 210 g/mol. The molecule has 1 N–H and O–H groups in total. The summed E-state index contributed by atoms with van der Waals surface area (Å²) in [5.74, 6) is 0.852. The maximum atomic E-state index is 5.69. The van der Waals surface area contributed by atoms with Gasteiger partial charge in [-0.1, -0.05) is 36.9 Å². The SMILES string of the molecule is C=C/C(=C\C=C/C)COc1cccc(NC)c1. The summed E-state index contributed by atoms with van der Waals surface area (Å²) in [7, 11) is 1.89. The molecule has 1 rings (SSSR count). The van der Waals surface area contributed by atoms with E-state index in [1.54, 1.807) is 0 Å². The van der Waals surface area contributed by atoms with Crippen molar-refractivity contribution in [1.29, 1.82) is 0 Å². The van der Waals surface area contributed by atoms with E-state index >= 15 is 0 Å². The minimum atomic E-state index is 0.529. The third kappa shape index (κ3) is 4.60. The van der Waals surface area contributed by atoms with Crippen LogP contribution in [-0.4, -0.2) is 13.7 Å². The van der Waals surface area contributed by atoms with Gasteiger partial charge < -0.3 is 10.1 Å². The van der Waals surface area contributed by atoms with Crippen molar-refractivity contribution in [3.05, 3.63) is 60.7 Å². The number of hydrogen-bond acceptors (Lipinski definition) is 2. The Morgan fingerprint density at radius 3 is 2.94 bits per heavy atom. The van der Waals surface area contributed by atoms with Gasteiger partial charge >= 0.3 is 0 Å². The van der Waals surface area contributed by atoms with Crippen LogP contribution in [0.1, 0.15) is 6.92 Å². The van der Waals surface area contributed by atoms with Crippen LogP contribution < -0.4 is 10.1 Å². The molecule has 0 aromatic heterocycles. The summed E-state index contributed by atoms with van der Waals surface area (Å²) >= 11 is 0. The number of rotatable bonds is 6. The van der Waals surface area contributed by atoms with Crippen molar-refractivity contribution in [2.24, 2.45) is 0 Å². The average Bonchev–Trinajstić information content (AvgIpc) is 2.39. The lowest BCUT2D eigenvalue weighted by molar-refractivity contribution is 0.356. The molecule has 0 amide bonds. The van der Waals surface area contributed by atoms with Gasteiger partial charge in [0.1, 0.15) is 12.4 Å². The second-order valence-electron chi connectivity index (χ2n) is 3.54. The lowest BCUT2D eigenvalue weighted by Crippen LogP contribution is -1.99. The fraction of sp³-hybridized carbons (Fsp3) is 0.200. The number of allylic oxidation sites excluding steroid dienone is 3. The van der Waals surface area contributed by atoms with Crippen molar-refractivity contribution in [3.63, 3.8) is 0 Å². The van der Waals surface area contributed by atoms with Crippen LogP contribution in [0.5, 0.6) is 5.75 Å². The van der Waals surface area contributed by atoms with Crippen molar-refractivity contribution in [2.45, 2.75) is 6.92 Å². The van der Waals surface area contributed by atoms with Crippen LogP contribution in [0.15, 0.2) is 60.7 Å². The van der Waals surface area contributed by atoms with Crippen molar-refractivity contribution < 1.29 is 4.74 Å². The second kappa shape index (κ2) is 7.34. The molecule has 0 spiro atoms. The fourth-order valence-electron chi connectivity index (χ4n) is 1.30. The Labute approximate surface area is 103 Å². The lowest BCUT2D eigenvalue weighted by atomic mass is 10.2. The van der Waals surface area contributed by atoms with Crippen LogP contribution in [-0.2, 0) is 0 Å². The van der Waals surface area contributed by atoms with E-state index in [4.69, 9.17) is 4.74 Å². The zero-order chi connectivity index (χ0) is 12.5. The number of ether oxygens (including phenoxy) is 1. The molecule has 0 aliphatic carbocycles. The van der Waals surface area contributed by atoms with Crippen molar-refractivity contribution in [1.82, 2.24) is 0 Å². The molecule has 0 atom stereocenters. The maximum Gasteiger partial charge on any atom is 0.121 e. The molecule has 0 aliphatic rings. The summed E-state index contributed by atoms with van der Waals surface area (Å²) < 4.78 is 5.69. The number of benzene rings is 1. The second-order valence-corrected chi connectivity index (χ2v) is 3.54. The third-order valence-corrected chi connectivity index (χ3v) is 2.29. The van der Waals surface area contributed by atoms with E-state index in [0.29, 0.717) is 6.61 Å². The number of anilines is 1. The zero-order valence-electron chi connectivity index (χ0n) is 10.4. The van der Waals surface area contributed by atoms with Crippen LogP contribution in [0.3, 0.4) is 0 Å². The van der Waals surface area contributed by atoms with Gasteiger partial charge in [-0.3, -0.25) is 0 Å². The monoisotopic (exact) mass is 229 g/mol. The fourth-order valence-corrected chi connectivity index (χ4v) is 1.30. The van der Waals surface area contributed by atoms with Gasteiger partial charge in [0.15, 0.2) is 0 Å². The summed E-state index contributed by atoms with van der Waals surface area (Å²) in [6.07, 6.45) is 7.76. The normalized spacial score (nSPS) is 11.5. The molecule has 17 heavy (non-hydrogen) atoms. The highest BCUT2D eigenvalue weighted by Gasteiger charge is 1.96. The van der Waals surface area contributed by atoms with Crippen molar-refractivity contribution >= 4 is 5.69 Å². The molecule has 1 aromatic rings. The van der Waals surface area contributed by atoms with E-state index in [9.17, 15) is 0 Å². The van der Waals surface area contributed by atoms with Gasteiger partial charge in [0.2, 0.25) is 0 Å². The Morgan fingerprint density at radius 2 is 2.29 bits per heavy atom. The minimum Gasteiger partial charge on any atom is -0.489 e. The smallest absolute Gasteiger partial charge is 0.121 e. The molecule has 0 fully saturated rings. The Morgan fingerprint density at radius 1 is 1.47 bits per heavy atom. The van der Waals surface area contributed by atoms with Crippen LogP contribution in [0.25, 0.3) is 0 Å². The molecule has 1 aromatic carbocycles. The van der Waals surface area contributed by atoms with Crippen LogP contribution >= 0.6 is 0 Å². The van der Waals surface area contributed by atoms with Gasteiger partial charge in [-0.25, -0.2) is 0 Å². The van der Waals surface area contributed by atoms with Gasteiger partial charge in [0.05, 0.1) is 0 Å². The highest BCUT2D eigenvalue weighted by atomic mass is 16.5. The molecular formula is C15H19NO. The van der Waals surface area contributed by atoms with Gasteiger partial charge in [-0.05, 0) is 24.6 Å². The predicted octanol–water partition coefficient (Wildman–Crippen LogP) is 3.80. The van der Waals surface area contributed by atoms with Gasteiger partial charge in [-0.2, -0.15) is 0 Å². The Kier molecular flexibility index (Phi) is 5.66. The Hall–Kier alpha value is -1.96. The van der Waals surface area contributed by atoms with Crippen LogP contribution in [0.2, 0.25) is 0 Å². The molecule has 2 nitrogen and oxygen atoms in total. The minimum absolute atomic E-state index is 0.529. The van der Waals surface area contributed by atoms with E-state index < -0.39 is 0 Å². The molecule has 2 heteroatoms. The highest BCUT2D eigenvalue weighted by Crippen LogP contribution is 2.17. The summed E-state index contributed by atoms with van der Waals surface area (Å²) in [4.78, 5) is 0. The molecule has 0 aliphatic heterocycles. The first-order valence-corrected chi connectivity index (χ1v) is 5.65. The first kappa shape index (κ1) is 13.1. The van der Waals surface area contributed by atoms with Gasteiger partial charge in [0, 0.05) is 18.8 Å². The van der Waals surface area contributed by atoms with Gasteiger partial charge in [0.25, 0.3) is 0 Å². The largest absolute Gasteiger partial charge is 0.489 e. The topological polar surface area (TPSA) is 21.3 Å². The number of nitrogens with one attached hydrogen (secondary N) is 1. The first-order chi connectivity index (χ1) is 8.30. The van der Waals surface area contributed by atoms with E-state index in [2.05, 4.69) is 11.9 Å². The quantitative estimate of drug-likeness (QED) is 0.749. The Bertz CT molecular complexity index is 419. The van der Waals surface area contributed by atoms with Crippen molar-refractivity contribution in [2.75, 3.05) is 19.0 Å². The van der Waals surface area contributed by atoms with E-state index in [0.717, 1.165) is 17.0 Å². The summed E-state index contributed by atoms with van der Waals surface area (Å²) in [5, 5.41) is 3.08. The zero-order valence-corrected chi connectivity index (χ0v) is 10.4. The van der Waals surface area contributed by atoms with Crippen LogP contribution in [0, 0.1) is 0 Å². The lowest BCUT2D eigenvalue weighted by Gasteiger charge is -2.08. The van der Waals surface area contributed by atoms with E-state index in [-0.39, 0.29) is 0 Å². The van der Waals surface area contributed by atoms with Gasteiger partial charge in [-0.15, -0.1) is 0 Å². The molecule has 0 heterocycles. The van der Waals surface area contributed by atoms with E-state index in [1.807, 2.05) is 62.5 Å². The van der Waals surface area contributed by atoms with E-state index in [1.165, 1.54) is 0 Å². The molecule has 0 unspecified atom stereocenters. The third-order valence-electron chi connectivity index (χ3n) is 2.29. The number of hydrogen-bond donors (Lipinski definition) is 1. The highest BCUT2D eigenvalue weighted by molar-refractivity contribution is 5.47. The summed E-state index contributed by atoms with van der Waals surface area (Å²) in [6.45, 7) is 6.27. The van der Waals surface area contributed by atoms with Crippen molar-refractivity contribution in [3.8, 4) is 5.75 Å². The summed E-state index contributed by atoms with van der Waals surface area (Å²) in [5.41, 5.74) is 2.10. The standard InChI is InChI=1S/C15H19NO/c1-4-6-8-13(5-2)12-17-15-10-7-9-14(11-15)16-3/h4-11,16H,2,12H2,1,3H3/b6-4-,13-8+. The molecule has 0 bridgehead atoms. The first-order valence-electron chi connectivity index (χ1n) is 5.65. The molecule has 90 valence electrons. The van der Waals surface area contributed by atoms with Crippen LogP contribution in [0.4, 0.5) is 5.69 Å².